The van der Waals surface area contributed by atoms with Crippen LogP contribution in [-0.4, -0.2) is 72.9 Å². The summed E-state index contributed by atoms with van der Waals surface area (Å²) >= 11 is 6.28. The van der Waals surface area contributed by atoms with Gasteiger partial charge < -0.3 is 10.0 Å². The van der Waals surface area contributed by atoms with E-state index in [1.54, 1.807) is 30.3 Å². The number of hydrogen-bond donors (Lipinski definition) is 1. The van der Waals surface area contributed by atoms with Crippen LogP contribution in [0.3, 0.4) is 0 Å². The summed E-state index contributed by atoms with van der Waals surface area (Å²) in [5.74, 6) is 0. The van der Waals surface area contributed by atoms with Crippen molar-refractivity contribution in [2.24, 2.45) is 5.10 Å². The zero-order valence-corrected chi connectivity index (χ0v) is 22.4. The third kappa shape index (κ3) is 5.03. The van der Waals surface area contributed by atoms with E-state index in [0.717, 1.165) is 5.01 Å². The fourth-order valence-electron chi connectivity index (χ4n) is 5.05. The van der Waals surface area contributed by atoms with Gasteiger partial charge in [-0.3, -0.25) is 5.01 Å². The second-order valence-corrected chi connectivity index (χ2v) is 12.6. The summed E-state index contributed by atoms with van der Waals surface area (Å²) in [5.41, 5.74) is -5.66. The summed E-state index contributed by atoms with van der Waals surface area (Å²) in [5, 5.41) is 14.6. The number of hydrazone groups is 1. The van der Waals surface area contributed by atoms with Gasteiger partial charge in [0, 0.05) is 43.3 Å². The van der Waals surface area contributed by atoms with Crippen molar-refractivity contribution in [3.8, 4) is 0 Å². The maximum atomic E-state index is 13.7. The van der Waals surface area contributed by atoms with Gasteiger partial charge in [0.2, 0.25) is 10.0 Å². The minimum atomic E-state index is -6.08. The number of nitrogens with zero attached hydrogens (tertiary/aromatic N) is 4. The molecule has 15 heteroatoms. The molecular weight excluding hydrogens is 586 g/mol. The summed E-state index contributed by atoms with van der Waals surface area (Å²) in [6, 6.07) is 11.2. The van der Waals surface area contributed by atoms with Gasteiger partial charge in [0.25, 0.3) is 5.60 Å². The van der Waals surface area contributed by atoms with E-state index in [1.165, 1.54) is 22.5 Å². The maximum Gasteiger partial charge on any atom is 0.431 e. The number of aliphatic hydroxyl groups is 1. The van der Waals surface area contributed by atoms with E-state index in [-0.39, 0.29) is 34.6 Å². The van der Waals surface area contributed by atoms with Gasteiger partial charge in [-0.15, -0.1) is 0 Å². The minimum Gasteiger partial charge on any atom is -0.369 e. The zero-order valence-electron chi connectivity index (χ0n) is 20.8. The van der Waals surface area contributed by atoms with Crippen LogP contribution in [0.1, 0.15) is 30.9 Å². The first kappa shape index (κ1) is 29.0. The smallest absolute Gasteiger partial charge is 0.369 e. The van der Waals surface area contributed by atoms with E-state index < -0.39 is 46.2 Å². The molecule has 1 N–H and O–H groups in total. The van der Waals surface area contributed by atoms with E-state index in [0.29, 0.717) is 31.6 Å². The van der Waals surface area contributed by atoms with Crippen molar-refractivity contribution in [3.63, 3.8) is 0 Å². The molecule has 0 spiro atoms. The van der Waals surface area contributed by atoms with Crippen LogP contribution in [0.25, 0.3) is 0 Å². The lowest BCUT2D eigenvalue weighted by atomic mass is 9.90. The second kappa shape index (κ2) is 10.1. The van der Waals surface area contributed by atoms with E-state index >= 15 is 0 Å². The van der Waals surface area contributed by atoms with Gasteiger partial charge >= 0.3 is 12.4 Å². The second-order valence-electron chi connectivity index (χ2n) is 9.99. The minimum absolute atomic E-state index is 0.112. The molecule has 5 rings (SSSR count). The molecule has 218 valence electrons. The number of benzene rings is 2. The lowest BCUT2D eigenvalue weighted by molar-refractivity contribution is -0.338. The standard InChI is InChI=1S/C25H25ClF6N4O3S/c26-20-7-2-1-6-19(20)21-15-22(23(37,24(27,28)29)25(30,31)32)33-36(21)17-5-3-4-16(14-17)34-10-12-35(13-11-34)40(38,39)18-8-9-18/h1-7,14,18,21,37H,8-13,15H2. The zero-order chi connectivity index (χ0) is 29.1. The topological polar surface area (TPSA) is 76.5 Å². The third-order valence-electron chi connectivity index (χ3n) is 7.42. The monoisotopic (exact) mass is 610 g/mol. The summed E-state index contributed by atoms with van der Waals surface area (Å²) < 4.78 is 109. The molecule has 7 nitrogen and oxygen atoms in total. The van der Waals surface area contributed by atoms with Crippen LogP contribution in [0.2, 0.25) is 5.02 Å². The Balaban J connectivity index is 1.48. The van der Waals surface area contributed by atoms with Gasteiger partial charge in [0.1, 0.15) is 0 Å². The van der Waals surface area contributed by atoms with Gasteiger partial charge in [-0.1, -0.05) is 35.9 Å². The molecule has 1 saturated carbocycles. The molecule has 40 heavy (non-hydrogen) atoms. The van der Waals surface area contributed by atoms with Crippen molar-refractivity contribution in [1.82, 2.24) is 4.31 Å². The van der Waals surface area contributed by atoms with Crippen LogP contribution in [0, 0.1) is 0 Å². The normalized spacial score (nSPS) is 21.6. The molecule has 2 heterocycles. The van der Waals surface area contributed by atoms with Crippen molar-refractivity contribution >= 4 is 38.7 Å². The van der Waals surface area contributed by atoms with Gasteiger partial charge in [-0.25, -0.2) is 8.42 Å². The number of anilines is 2. The number of hydrogen-bond acceptors (Lipinski definition) is 6. The SMILES string of the molecule is O=S(=O)(C1CC1)N1CCN(c2cccc(N3N=C(C(O)(C(F)(F)F)C(F)(F)F)CC3c3ccccc3Cl)c2)CC1. The highest BCUT2D eigenvalue weighted by molar-refractivity contribution is 7.90. The van der Waals surface area contributed by atoms with Crippen molar-refractivity contribution in [2.75, 3.05) is 36.1 Å². The van der Waals surface area contributed by atoms with Crippen LogP contribution in [0.5, 0.6) is 0 Å². The number of piperazine rings is 1. The highest BCUT2D eigenvalue weighted by atomic mass is 35.5. The van der Waals surface area contributed by atoms with Crippen molar-refractivity contribution < 1.29 is 39.9 Å². The van der Waals surface area contributed by atoms with Crippen LogP contribution in [-0.2, 0) is 10.0 Å². The number of halogens is 7. The van der Waals surface area contributed by atoms with E-state index in [9.17, 15) is 39.9 Å². The van der Waals surface area contributed by atoms with E-state index in [1.807, 2.05) is 4.90 Å². The molecule has 2 aliphatic heterocycles. The Bertz CT molecular complexity index is 1390. The predicted octanol–water partition coefficient (Wildman–Crippen LogP) is 5.12. The van der Waals surface area contributed by atoms with Crippen molar-refractivity contribution in [3.05, 3.63) is 59.1 Å². The highest BCUT2D eigenvalue weighted by Gasteiger charge is 2.74. The van der Waals surface area contributed by atoms with Crippen LogP contribution in [0.4, 0.5) is 37.7 Å². The van der Waals surface area contributed by atoms with Crippen LogP contribution < -0.4 is 9.91 Å². The first-order valence-electron chi connectivity index (χ1n) is 12.5. The molecule has 1 atom stereocenters. The molecule has 0 amide bonds. The fraction of sp³-hybridized carbons (Fsp3) is 0.480. The average Bonchev–Trinajstić information content (AvgIpc) is 3.67. The number of alkyl halides is 6. The molecule has 2 aromatic carbocycles. The van der Waals surface area contributed by atoms with Gasteiger partial charge in [-0.2, -0.15) is 35.7 Å². The average molecular weight is 611 g/mol. The van der Waals surface area contributed by atoms with Crippen molar-refractivity contribution in [2.45, 2.75) is 48.5 Å². The van der Waals surface area contributed by atoms with Gasteiger partial charge in [0.05, 0.1) is 22.7 Å². The maximum absolute atomic E-state index is 13.7. The Morgan fingerprint density at radius 1 is 0.875 bits per heavy atom. The molecule has 2 aromatic rings. The molecule has 0 radical (unpaired) electrons. The molecule has 1 unspecified atom stereocenters. The summed E-state index contributed by atoms with van der Waals surface area (Å²) in [7, 11) is -3.34. The lowest BCUT2D eigenvalue weighted by Gasteiger charge is -2.36. The summed E-state index contributed by atoms with van der Waals surface area (Å²) in [6.07, 6.45) is -11.7. The first-order valence-corrected chi connectivity index (χ1v) is 14.3. The summed E-state index contributed by atoms with van der Waals surface area (Å²) in [4.78, 5) is 1.88. The number of sulfonamides is 1. The number of rotatable bonds is 6. The molecule has 0 bridgehead atoms. The van der Waals surface area contributed by atoms with Crippen LogP contribution in [0.15, 0.2) is 53.6 Å². The Labute approximate surface area is 231 Å². The van der Waals surface area contributed by atoms with Gasteiger partial charge in [-0.05, 0) is 42.7 Å². The van der Waals surface area contributed by atoms with E-state index in [2.05, 4.69) is 5.10 Å². The van der Waals surface area contributed by atoms with Gasteiger partial charge in [0.15, 0.2) is 0 Å². The largest absolute Gasteiger partial charge is 0.431 e. The quantitative estimate of drug-likeness (QED) is 0.460. The Hall–Kier alpha value is -2.55. The third-order valence-corrected chi connectivity index (χ3v) is 10.2. The highest BCUT2D eigenvalue weighted by Crippen LogP contribution is 2.49. The predicted molar refractivity (Wildman–Crippen MR) is 138 cm³/mol. The molecular formula is C25H25ClF6N4O3S. The Morgan fingerprint density at radius 2 is 1.48 bits per heavy atom. The first-order chi connectivity index (χ1) is 18.6. The van der Waals surface area contributed by atoms with Crippen molar-refractivity contribution in [1.29, 1.82) is 0 Å². The Morgan fingerprint density at radius 3 is 2.05 bits per heavy atom. The van der Waals surface area contributed by atoms with Crippen LogP contribution >= 0.6 is 11.6 Å². The fourth-order valence-corrected chi connectivity index (χ4v) is 7.14. The Kier molecular flexibility index (Phi) is 7.29. The molecule has 0 aromatic heterocycles. The molecule has 1 aliphatic carbocycles. The van der Waals surface area contributed by atoms with E-state index in [4.69, 9.17) is 11.6 Å². The summed E-state index contributed by atoms with van der Waals surface area (Å²) in [6.45, 7) is 1.20. The molecule has 3 aliphatic rings. The lowest BCUT2D eigenvalue weighted by Crippen LogP contribution is -2.62. The molecule has 1 saturated heterocycles. The molecule has 2 fully saturated rings.